The molecule has 0 aliphatic rings. The number of aromatic nitrogens is 2. The van der Waals surface area contributed by atoms with Gasteiger partial charge in [-0.05, 0) is 12.1 Å². The van der Waals surface area contributed by atoms with Crippen molar-refractivity contribution in [2.24, 2.45) is 0 Å². The molecular formula is C9H5FN2O3. The molecule has 5 nitrogen and oxygen atoms in total. The topological polar surface area (TPSA) is 83.0 Å². The quantitative estimate of drug-likeness (QED) is 0.724. The van der Waals surface area contributed by atoms with Crippen molar-refractivity contribution in [2.45, 2.75) is 0 Å². The summed E-state index contributed by atoms with van der Waals surface area (Å²) in [5, 5.41) is 8.90. The Bertz CT molecular complexity index is 606. The lowest BCUT2D eigenvalue weighted by atomic mass is 10.2. The normalized spacial score (nSPS) is 10.5. The molecule has 0 atom stereocenters. The maximum absolute atomic E-state index is 12.8. The molecule has 0 saturated carbocycles. The summed E-state index contributed by atoms with van der Waals surface area (Å²) in [5.74, 6) is -1.95. The van der Waals surface area contributed by atoms with Crippen molar-refractivity contribution in [1.29, 1.82) is 0 Å². The number of aromatic amines is 1. The minimum absolute atomic E-state index is 0.159. The smallest absolute Gasteiger partial charge is 0.341 e. The second-order valence-electron chi connectivity index (χ2n) is 2.91. The van der Waals surface area contributed by atoms with Gasteiger partial charge in [0.2, 0.25) is 0 Å². The van der Waals surface area contributed by atoms with Crippen LogP contribution >= 0.6 is 0 Å². The van der Waals surface area contributed by atoms with Crippen molar-refractivity contribution in [1.82, 2.24) is 9.97 Å². The Balaban J connectivity index is 2.83. The number of nitrogens with one attached hydrogen (secondary N) is 1. The maximum Gasteiger partial charge on any atom is 0.341 e. The standard InChI is InChI=1S/C9H5FN2O3/c10-5-1-4-2-6(9(14)15)8(13)12-7(4)11-3-5/h1-3H,(H,14,15)(H,11,12,13). The van der Waals surface area contributed by atoms with Crippen LogP contribution in [-0.4, -0.2) is 21.0 Å². The van der Waals surface area contributed by atoms with E-state index in [0.29, 0.717) is 0 Å². The van der Waals surface area contributed by atoms with Crippen LogP contribution < -0.4 is 5.56 Å². The third-order valence-corrected chi connectivity index (χ3v) is 1.89. The lowest BCUT2D eigenvalue weighted by Crippen LogP contribution is -2.17. The average Bonchev–Trinajstić information content (AvgIpc) is 2.17. The molecule has 0 spiro atoms. The number of halogens is 1. The van der Waals surface area contributed by atoms with Gasteiger partial charge in [-0.2, -0.15) is 0 Å². The van der Waals surface area contributed by atoms with Gasteiger partial charge >= 0.3 is 5.97 Å². The van der Waals surface area contributed by atoms with Gasteiger partial charge in [-0.3, -0.25) is 4.79 Å². The summed E-state index contributed by atoms with van der Waals surface area (Å²) in [4.78, 5) is 27.7. The van der Waals surface area contributed by atoms with E-state index in [1.165, 1.54) is 0 Å². The molecule has 2 N–H and O–H groups in total. The van der Waals surface area contributed by atoms with Crippen molar-refractivity contribution < 1.29 is 14.3 Å². The first-order valence-corrected chi connectivity index (χ1v) is 4.00. The van der Waals surface area contributed by atoms with Crippen LogP contribution in [0.4, 0.5) is 4.39 Å². The van der Waals surface area contributed by atoms with E-state index in [1.807, 2.05) is 0 Å². The Morgan fingerprint density at radius 2 is 2.20 bits per heavy atom. The second kappa shape index (κ2) is 3.16. The zero-order valence-electron chi connectivity index (χ0n) is 7.32. The maximum atomic E-state index is 12.8. The van der Waals surface area contributed by atoms with Crippen LogP contribution in [0.25, 0.3) is 11.0 Å². The molecule has 76 valence electrons. The number of aromatic carboxylic acids is 1. The third-order valence-electron chi connectivity index (χ3n) is 1.89. The number of carboxylic acid groups (broad SMARTS) is 1. The number of pyridine rings is 2. The zero-order chi connectivity index (χ0) is 11.0. The van der Waals surface area contributed by atoms with Crippen LogP contribution in [0.3, 0.4) is 0 Å². The summed E-state index contributed by atoms with van der Waals surface area (Å²) in [6.45, 7) is 0. The summed E-state index contributed by atoms with van der Waals surface area (Å²) < 4.78 is 12.8. The first-order chi connectivity index (χ1) is 7.08. The predicted octanol–water partition coefficient (Wildman–Crippen LogP) is 0.760. The summed E-state index contributed by atoms with van der Waals surface area (Å²) in [6, 6.07) is 2.19. The molecule has 0 radical (unpaired) electrons. The van der Waals surface area contributed by atoms with Gasteiger partial charge in [0.15, 0.2) is 0 Å². The van der Waals surface area contributed by atoms with Gasteiger partial charge in [-0.15, -0.1) is 0 Å². The average molecular weight is 208 g/mol. The Morgan fingerprint density at radius 1 is 1.47 bits per heavy atom. The van der Waals surface area contributed by atoms with Crippen LogP contribution in [0, 0.1) is 5.82 Å². The van der Waals surface area contributed by atoms with E-state index in [2.05, 4.69) is 9.97 Å². The Kier molecular flexibility index (Phi) is 1.96. The predicted molar refractivity (Wildman–Crippen MR) is 49.3 cm³/mol. The molecule has 0 amide bonds. The first kappa shape index (κ1) is 9.32. The minimum Gasteiger partial charge on any atom is -0.477 e. The fraction of sp³-hybridized carbons (Fsp3) is 0. The highest BCUT2D eigenvalue weighted by Crippen LogP contribution is 2.09. The first-order valence-electron chi connectivity index (χ1n) is 4.00. The van der Waals surface area contributed by atoms with Crippen molar-refractivity contribution in [3.63, 3.8) is 0 Å². The Hall–Kier alpha value is -2.24. The number of nitrogens with zero attached hydrogens (tertiary/aromatic N) is 1. The molecule has 0 bridgehead atoms. The molecule has 2 aromatic heterocycles. The number of carbonyl (C=O) groups is 1. The minimum atomic E-state index is -1.36. The van der Waals surface area contributed by atoms with Crippen LogP contribution in [0.2, 0.25) is 0 Å². The lowest BCUT2D eigenvalue weighted by Gasteiger charge is -1.98. The van der Waals surface area contributed by atoms with Crippen molar-refractivity contribution >= 4 is 17.0 Å². The van der Waals surface area contributed by atoms with E-state index >= 15 is 0 Å². The van der Waals surface area contributed by atoms with Crippen LogP contribution in [0.5, 0.6) is 0 Å². The monoisotopic (exact) mass is 208 g/mol. The number of rotatable bonds is 1. The summed E-state index contributed by atoms with van der Waals surface area (Å²) in [6.07, 6.45) is 0.943. The molecule has 0 unspecified atom stereocenters. The number of hydrogen-bond acceptors (Lipinski definition) is 3. The van der Waals surface area contributed by atoms with Crippen LogP contribution in [-0.2, 0) is 0 Å². The van der Waals surface area contributed by atoms with E-state index in [9.17, 15) is 14.0 Å². The van der Waals surface area contributed by atoms with Crippen LogP contribution in [0.15, 0.2) is 23.1 Å². The summed E-state index contributed by atoms with van der Waals surface area (Å²) in [7, 11) is 0. The highest BCUT2D eigenvalue weighted by molar-refractivity contribution is 5.91. The SMILES string of the molecule is O=C(O)c1cc2cc(F)cnc2[nH]c1=O. The molecular weight excluding hydrogens is 203 g/mol. The van der Waals surface area contributed by atoms with E-state index in [-0.39, 0.29) is 11.0 Å². The molecule has 2 heterocycles. The van der Waals surface area contributed by atoms with Crippen molar-refractivity contribution in [2.75, 3.05) is 0 Å². The molecule has 0 saturated heterocycles. The number of H-pyrrole nitrogens is 1. The fourth-order valence-corrected chi connectivity index (χ4v) is 1.22. The molecule has 2 aromatic rings. The van der Waals surface area contributed by atoms with Gasteiger partial charge in [0.25, 0.3) is 5.56 Å². The van der Waals surface area contributed by atoms with Gasteiger partial charge in [-0.25, -0.2) is 14.2 Å². The highest BCUT2D eigenvalue weighted by atomic mass is 19.1. The molecule has 15 heavy (non-hydrogen) atoms. The van der Waals surface area contributed by atoms with Gasteiger partial charge < -0.3 is 10.1 Å². The van der Waals surface area contributed by atoms with Gasteiger partial charge in [0.1, 0.15) is 17.0 Å². The molecule has 0 aliphatic carbocycles. The van der Waals surface area contributed by atoms with Crippen molar-refractivity contribution in [3.05, 3.63) is 40.1 Å². The van der Waals surface area contributed by atoms with E-state index in [0.717, 1.165) is 18.3 Å². The van der Waals surface area contributed by atoms with E-state index in [1.54, 1.807) is 0 Å². The van der Waals surface area contributed by atoms with Crippen molar-refractivity contribution in [3.8, 4) is 0 Å². The molecule has 0 aromatic carbocycles. The molecule has 0 fully saturated rings. The Morgan fingerprint density at radius 3 is 2.87 bits per heavy atom. The largest absolute Gasteiger partial charge is 0.477 e. The van der Waals surface area contributed by atoms with Crippen LogP contribution in [0.1, 0.15) is 10.4 Å². The second-order valence-corrected chi connectivity index (χ2v) is 2.91. The Labute approximate surface area is 82.2 Å². The van der Waals surface area contributed by atoms with Gasteiger partial charge in [0.05, 0.1) is 6.20 Å². The zero-order valence-corrected chi connectivity index (χ0v) is 7.32. The summed E-state index contributed by atoms with van der Waals surface area (Å²) >= 11 is 0. The number of hydrogen-bond donors (Lipinski definition) is 2. The third kappa shape index (κ3) is 1.56. The molecule has 0 aliphatic heterocycles. The number of carboxylic acids is 1. The molecule has 6 heteroatoms. The van der Waals surface area contributed by atoms with Gasteiger partial charge in [-0.1, -0.05) is 0 Å². The van der Waals surface area contributed by atoms with E-state index in [4.69, 9.17) is 5.11 Å². The molecule has 2 rings (SSSR count). The van der Waals surface area contributed by atoms with Gasteiger partial charge in [0, 0.05) is 5.39 Å². The number of fused-ring (bicyclic) bond motifs is 1. The highest BCUT2D eigenvalue weighted by Gasteiger charge is 2.10. The van der Waals surface area contributed by atoms with E-state index < -0.39 is 22.9 Å². The fourth-order valence-electron chi connectivity index (χ4n) is 1.22. The lowest BCUT2D eigenvalue weighted by molar-refractivity contribution is 0.0695. The summed E-state index contributed by atoms with van der Waals surface area (Å²) in [5.41, 5.74) is -1.03.